The van der Waals surface area contributed by atoms with E-state index in [1.165, 1.54) is 31.6 Å². The Hall–Kier alpha value is -1.56. The van der Waals surface area contributed by atoms with Gasteiger partial charge in [-0.3, -0.25) is 4.68 Å². The minimum absolute atomic E-state index is 0.229. The van der Waals surface area contributed by atoms with Crippen molar-refractivity contribution in [3.63, 3.8) is 0 Å². The third-order valence-corrected chi connectivity index (χ3v) is 4.49. The van der Waals surface area contributed by atoms with Crippen LogP contribution >= 0.6 is 0 Å². The van der Waals surface area contributed by atoms with E-state index in [-0.39, 0.29) is 6.09 Å². The van der Waals surface area contributed by atoms with E-state index in [1.807, 2.05) is 27.0 Å². The molecule has 1 aromatic rings. The zero-order valence-electron chi connectivity index (χ0n) is 14.5. The molecule has 0 atom stereocenters. The maximum atomic E-state index is 12.2. The number of carbonyl (C=O) groups excluding carboxylic acids is 1. The molecule has 6 heteroatoms. The zero-order chi connectivity index (χ0) is 16.4. The van der Waals surface area contributed by atoms with E-state index in [0.29, 0.717) is 13.1 Å². The summed E-state index contributed by atoms with van der Waals surface area (Å²) in [5, 5.41) is 4.54. The Morgan fingerprint density at radius 2 is 1.96 bits per heavy atom. The highest BCUT2D eigenvalue weighted by Gasteiger charge is 2.27. The summed E-state index contributed by atoms with van der Waals surface area (Å²) in [7, 11) is 0. The molecule has 3 rings (SSSR count). The third-order valence-electron chi connectivity index (χ3n) is 4.49. The minimum atomic E-state index is -0.447. The van der Waals surface area contributed by atoms with E-state index < -0.39 is 5.60 Å². The van der Waals surface area contributed by atoms with Crippen molar-refractivity contribution in [1.82, 2.24) is 19.6 Å². The second kappa shape index (κ2) is 6.51. The molecule has 0 aromatic carbocycles. The van der Waals surface area contributed by atoms with Gasteiger partial charge in [0, 0.05) is 30.8 Å². The summed E-state index contributed by atoms with van der Waals surface area (Å²) in [4.78, 5) is 16.5. The number of aromatic nitrogens is 2. The molecule has 0 spiro atoms. The van der Waals surface area contributed by atoms with Crippen molar-refractivity contribution in [1.29, 1.82) is 0 Å². The molecule has 0 radical (unpaired) electrons. The molecule has 2 aliphatic rings. The van der Waals surface area contributed by atoms with Crippen molar-refractivity contribution >= 4 is 6.09 Å². The van der Waals surface area contributed by atoms with Gasteiger partial charge in [-0.25, -0.2) is 4.79 Å². The van der Waals surface area contributed by atoms with Gasteiger partial charge < -0.3 is 14.5 Å². The van der Waals surface area contributed by atoms with E-state index in [4.69, 9.17) is 4.74 Å². The van der Waals surface area contributed by atoms with Crippen LogP contribution in [0, 0.1) is 0 Å². The Morgan fingerprint density at radius 3 is 2.65 bits per heavy atom. The molecule has 3 heterocycles. The lowest BCUT2D eigenvalue weighted by Gasteiger charge is -2.30. The lowest BCUT2D eigenvalue weighted by molar-refractivity contribution is 0.0222. The highest BCUT2D eigenvalue weighted by atomic mass is 16.6. The summed E-state index contributed by atoms with van der Waals surface area (Å²) in [5.41, 5.74) is 1.99. The molecule has 2 aliphatic heterocycles. The summed E-state index contributed by atoms with van der Waals surface area (Å²) < 4.78 is 7.59. The molecule has 1 fully saturated rings. The standard InChI is InChI=1S/C17H28N4O2/c1-17(2,3)23-16(22)20-9-6-15-14(13-20)12-18-21(15)11-10-19-7-4-5-8-19/h12H,4-11,13H2,1-3H3. The van der Waals surface area contributed by atoms with Crippen molar-refractivity contribution < 1.29 is 9.53 Å². The number of ether oxygens (including phenoxy) is 1. The fourth-order valence-electron chi connectivity index (χ4n) is 3.31. The van der Waals surface area contributed by atoms with Crippen LogP contribution < -0.4 is 0 Å². The van der Waals surface area contributed by atoms with Gasteiger partial charge in [0.15, 0.2) is 0 Å². The maximum Gasteiger partial charge on any atom is 0.410 e. The molecule has 0 N–H and O–H groups in total. The van der Waals surface area contributed by atoms with Crippen molar-refractivity contribution in [2.24, 2.45) is 0 Å². The van der Waals surface area contributed by atoms with Gasteiger partial charge in [0.05, 0.1) is 19.3 Å². The number of carbonyl (C=O) groups is 1. The van der Waals surface area contributed by atoms with Gasteiger partial charge in [-0.2, -0.15) is 5.10 Å². The van der Waals surface area contributed by atoms with E-state index in [2.05, 4.69) is 14.7 Å². The highest BCUT2D eigenvalue weighted by molar-refractivity contribution is 5.68. The van der Waals surface area contributed by atoms with E-state index in [1.54, 1.807) is 4.90 Å². The number of likely N-dealkylation sites (tertiary alicyclic amines) is 1. The Morgan fingerprint density at radius 1 is 1.22 bits per heavy atom. The third kappa shape index (κ3) is 4.05. The molecule has 0 aliphatic carbocycles. The molecule has 6 nitrogen and oxygen atoms in total. The smallest absolute Gasteiger partial charge is 0.410 e. The Labute approximate surface area is 138 Å². The normalized spacial score (nSPS) is 19.0. The molecular formula is C17H28N4O2. The van der Waals surface area contributed by atoms with Crippen LogP contribution in [0.25, 0.3) is 0 Å². The SMILES string of the molecule is CC(C)(C)OC(=O)N1CCc2c(cnn2CCN2CCCC2)C1. The second-order valence-corrected chi connectivity index (χ2v) is 7.54. The van der Waals surface area contributed by atoms with E-state index in [0.717, 1.165) is 25.1 Å². The maximum absolute atomic E-state index is 12.2. The minimum Gasteiger partial charge on any atom is -0.444 e. The van der Waals surface area contributed by atoms with Crippen molar-refractivity contribution in [2.75, 3.05) is 26.2 Å². The van der Waals surface area contributed by atoms with Gasteiger partial charge in [0.25, 0.3) is 0 Å². The van der Waals surface area contributed by atoms with Gasteiger partial charge in [-0.05, 0) is 46.7 Å². The largest absolute Gasteiger partial charge is 0.444 e. The average molecular weight is 320 g/mol. The summed E-state index contributed by atoms with van der Waals surface area (Å²) >= 11 is 0. The molecule has 0 saturated carbocycles. The molecule has 1 aromatic heterocycles. The first-order valence-electron chi connectivity index (χ1n) is 8.66. The Balaban J connectivity index is 1.58. The van der Waals surface area contributed by atoms with Crippen molar-refractivity contribution in [3.05, 3.63) is 17.5 Å². The van der Waals surface area contributed by atoms with Gasteiger partial charge in [0.1, 0.15) is 5.60 Å². The zero-order valence-corrected chi connectivity index (χ0v) is 14.5. The summed E-state index contributed by atoms with van der Waals surface area (Å²) in [5.74, 6) is 0. The monoisotopic (exact) mass is 320 g/mol. The first kappa shape index (κ1) is 16.3. The number of nitrogens with zero attached hydrogens (tertiary/aromatic N) is 4. The predicted octanol–water partition coefficient (Wildman–Crippen LogP) is 2.27. The molecule has 0 unspecified atom stereocenters. The Kier molecular flexibility index (Phi) is 4.62. The molecule has 23 heavy (non-hydrogen) atoms. The quantitative estimate of drug-likeness (QED) is 0.857. The van der Waals surface area contributed by atoms with Gasteiger partial charge in [-0.15, -0.1) is 0 Å². The highest BCUT2D eigenvalue weighted by Crippen LogP contribution is 2.21. The number of amides is 1. The van der Waals surface area contributed by atoms with E-state index in [9.17, 15) is 4.79 Å². The lowest BCUT2D eigenvalue weighted by Crippen LogP contribution is -2.40. The predicted molar refractivity (Wildman–Crippen MR) is 88.2 cm³/mol. The summed E-state index contributed by atoms with van der Waals surface area (Å²) in [6.07, 6.45) is 5.18. The molecule has 1 saturated heterocycles. The van der Waals surface area contributed by atoms with Crippen LogP contribution in [-0.4, -0.2) is 57.5 Å². The van der Waals surface area contributed by atoms with Crippen LogP contribution in [0.15, 0.2) is 6.20 Å². The van der Waals surface area contributed by atoms with Crippen LogP contribution in [0.2, 0.25) is 0 Å². The molecule has 1 amide bonds. The molecule has 0 bridgehead atoms. The fraction of sp³-hybridized carbons (Fsp3) is 0.765. The van der Waals surface area contributed by atoms with Crippen LogP contribution in [0.5, 0.6) is 0 Å². The van der Waals surface area contributed by atoms with Crippen LogP contribution in [-0.2, 0) is 24.2 Å². The first-order valence-corrected chi connectivity index (χ1v) is 8.66. The number of fused-ring (bicyclic) bond motifs is 1. The second-order valence-electron chi connectivity index (χ2n) is 7.54. The van der Waals surface area contributed by atoms with Crippen LogP contribution in [0.4, 0.5) is 4.79 Å². The first-order chi connectivity index (χ1) is 10.9. The van der Waals surface area contributed by atoms with Gasteiger partial charge in [0.2, 0.25) is 0 Å². The average Bonchev–Trinajstić information content (AvgIpc) is 3.12. The van der Waals surface area contributed by atoms with Crippen molar-refractivity contribution in [3.8, 4) is 0 Å². The lowest BCUT2D eigenvalue weighted by atomic mass is 10.1. The Bertz CT molecular complexity index is 555. The van der Waals surface area contributed by atoms with Crippen LogP contribution in [0.1, 0.15) is 44.9 Å². The van der Waals surface area contributed by atoms with Crippen molar-refractivity contribution in [2.45, 2.75) is 58.7 Å². The number of hydrogen-bond acceptors (Lipinski definition) is 4. The molecular weight excluding hydrogens is 292 g/mol. The topological polar surface area (TPSA) is 50.6 Å². The van der Waals surface area contributed by atoms with Gasteiger partial charge >= 0.3 is 6.09 Å². The fourth-order valence-corrected chi connectivity index (χ4v) is 3.31. The summed E-state index contributed by atoms with van der Waals surface area (Å²) in [6, 6.07) is 0. The summed E-state index contributed by atoms with van der Waals surface area (Å²) in [6.45, 7) is 11.5. The van der Waals surface area contributed by atoms with Crippen LogP contribution in [0.3, 0.4) is 0 Å². The van der Waals surface area contributed by atoms with E-state index >= 15 is 0 Å². The number of rotatable bonds is 3. The number of hydrogen-bond donors (Lipinski definition) is 0. The van der Waals surface area contributed by atoms with Gasteiger partial charge in [-0.1, -0.05) is 0 Å². The molecule has 128 valence electrons.